The Kier molecular flexibility index (Phi) is 4.48. The maximum atomic E-state index is 3.21. The third kappa shape index (κ3) is 3.10. The lowest BCUT2D eigenvalue weighted by Gasteiger charge is -2.44. The van der Waals surface area contributed by atoms with E-state index < -0.39 is 0 Å². The Morgan fingerprint density at radius 2 is 1.84 bits per heavy atom. The fraction of sp³-hybridized carbons (Fsp3) is 0.625. The Bertz CT molecular complexity index is 418. The third-order valence-corrected chi connectivity index (χ3v) is 4.34. The van der Waals surface area contributed by atoms with Crippen LogP contribution in [0.1, 0.15) is 25.0 Å². The smallest absolute Gasteiger partial charge is 0.0397 e. The molecule has 3 heteroatoms. The third-order valence-electron chi connectivity index (χ3n) is 4.34. The molecule has 106 valence electrons. The lowest BCUT2D eigenvalue weighted by atomic mass is 10.0. The molecular weight excluding hydrogens is 234 g/mol. The Balaban J connectivity index is 2.18. The molecule has 0 radical (unpaired) electrons. The van der Waals surface area contributed by atoms with E-state index in [2.05, 4.69) is 61.1 Å². The molecule has 1 fully saturated rings. The van der Waals surface area contributed by atoms with Gasteiger partial charge >= 0.3 is 0 Å². The van der Waals surface area contributed by atoms with Crippen LogP contribution in [0.3, 0.4) is 0 Å². The van der Waals surface area contributed by atoms with E-state index >= 15 is 0 Å². The number of nitrogens with zero attached hydrogens (tertiary/aromatic N) is 2. The molecule has 1 aromatic carbocycles. The predicted octanol–water partition coefficient (Wildman–Crippen LogP) is 2.24. The number of rotatable bonds is 3. The van der Waals surface area contributed by atoms with Crippen molar-refractivity contribution in [2.24, 2.45) is 0 Å². The van der Waals surface area contributed by atoms with Crippen LogP contribution < -0.4 is 10.2 Å². The Labute approximate surface area is 117 Å². The number of hydrogen-bond acceptors (Lipinski definition) is 3. The highest BCUT2D eigenvalue weighted by Gasteiger charge is 2.27. The van der Waals surface area contributed by atoms with Gasteiger partial charge in [0.1, 0.15) is 0 Å². The summed E-state index contributed by atoms with van der Waals surface area (Å²) in [7, 11) is 4.22. The summed E-state index contributed by atoms with van der Waals surface area (Å²) in [5.41, 5.74) is 4.14. The first-order chi connectivity index (χ1) is 9.02. The maximum absolute atomic E-state index is 3.21. The van der Waals surface area contributed by atoms with Crippen molar-refractivity contribution >= 4 is 5.69 Å². The van der Waals surface area contributed by atoms with Gasteiger partial charge in [-0.25, -0.2) is 0 Å². The summed E-state index contributed by atoms with van der Waals surface area (Å²) in [6.07, 6.45) is 0. The van der Waals surface area contributed by atoms with Crippen molar-refractivity contribution in [3.8, 4) is 0 Å². The molecule has 3 nitrogen and oxygen atoms in total. The number of benzene rings is 1. The van der Waals surface area contributed by atoms with Crippen molar-refractivity contribution in [2.75, 3.05) is 32.1 Å². The molecule has 0 spiro atoms. The van der Waals surface area contributed by atoms with E-state index in [0.29, 0.717) is 12.1 Å². The van der Waals surface area contributed by atoms with Crippen LogP contribution >= 0.6 is 0 Å². The molecule has 1 saturated heterocycles. The summed E-state index contributed by atoms with van der Waals surface area (Å²) in [6.45, 7) is 10.0. The predicted molar refractivity (Wildman–Crippen MR) is 82.8 cm³/mol. The van der Waals surface area contributed by atoms with Gasteiger partial charge in [0.2, 0.25) is 0 Å². The van der Waals surface area contributed by atoms with Crippen LogP contribution in [0.25, 0.3) is 0 Å². The Morgan fingerprint density at radius 1 is 1.21 bits per heavy atom. The molecule has 19 heavy (non-hydrogen) atoms. The first-order valence-corrected chi connectivity index (χ1v) is 7.24. The summed E-state index contributed by atoms with van der Waals surface area (Å²) in [5.74, 6) is 0. The van der Waals surface area contributed by atoms with Crippen LogP contribution in [0.4, 0.5) is 5.69 Å². The standard InChI is InChI=1S/C16H27N3/c1-12-8-15(9-17-4)6-7-16(12)19-10-13(2)18(5)14(3)11-19/h6-8,13-14,17H,9-11H2,1-5H3. The zero-order valence-electron chi connectivity index (χ0n) is 12.9. The van der Waals surface area contributed by atoms with Gasteiger partial charge < -0.3 is 10.2 Å². The summed E-state index contributed by atoms with van der Waals surface area (Å²) in [5, 5.41) is 3.21. The number of nitrogens with one attached hydrogen (secondary N) is 1. The van der Waals surface area contributed by atoms with E-state index in [0.717, 1.165) is 19.6 Å². The van der Waals surface area contributed by atoms with Crippen LogP contribution in [0.2, 0.25) is 0 Å². The minimum absolute atomic E-state index is 0.611. The number of likely N-dealkylation sites (N-methyl/N-ethyl adjacent to an activating group) is 1. The fourth-order valence-corrected chi connectivity index (χ4v) is 2.99. The monoisotopic (exact) mass is 261 g/mol. The van der Waals surface area contributed by atoms with Crippen molar-refractivity contribution < 1.29 is 0 Å². The van der Waals surface area contributed by atoms with Gasteiger partial charge in [-0.1, -0.05) is 12.1 Å². The molecule has 1 aliphatic heterocycles. The van der Waals surface area contributed by atoms with Gasteiger partial charge in [-0.15, -0.1) is 0 Å². The highest BCUT2D eigenvalue weighted by molar-refractivity contribution is 5.55. The minimum atomic E-state index is 0.611. The second kappa shape index (κ2) is 5.93. The van der Waals surface area contributed by atoms with Crippen LogP contribution in [0.15, 0.2) is 18.2 Å². The van der Waals surface area contributed by atoms with Crippen molar-refractivity contribution in [1.82, 2.24) is 10.2 Å². The van der Waals surface area contributed by atoms with E-state index in [1.165, 1.54) is 16.8 Å². The first-order valence-electron chi connectivity index (χ1n) is 7.24. The highest BCUT2D eigenvalue weighted by Crippen LogP contribution is 2.25. The van der Waals surface area contributed by atoms with Gasteiger partial charge in [-0.3, -0.25) is 4.90 Å². The van der Waals surface area contributed by atoms with Gasteiger partial charge in [-0.05, 0) is 52.1 Å². The molecule has 2 unspecified atom stereocenters. The molecule has 1 N–H and O–H groups in total. The minimum Gasteiger partial charge on any atom is -0.368 e. The zero-order valence-corrected chi connectivity index (χ0v) is 12.9. The largest absolute Gasteiger partial charge is 0.368 e. The Hall–Kier alpha value is -1.06. The van der Waals surface area contributed by atoms with Crippen molar-refractivity contribution in [3.05, 3.63) is 29.3 Å². The van der Waals surface area contributed by atoms with Gasteiger partial charge in [0.15, 0.2) is 0 Å². The average molecular weight is 261 g/mol. The molecule has 2 atom stereocenters. The lowest BCUT2D eigenvalue weighted by molar-refractivity contribution is 0.170. The molecule has 0 aromatic heterocycles. The molecule has 2 rings (SSSR count). The van der Waals surface area contributed by atoms with Crippen molar-refractivity contribution in [1.29, 1.82) is 0 Å². The molecule has 0 amide bonds. The maximum Gasteiger partial charge on any atom is 0.0397 e. The van der Waals surface area contributed by atoms with Crippen LogP contribution in [0, 0.1) is 6.92 Å². The average Bonchev–Trinajstić information content (AvgIpc) is 2.36. The van der Waals surface area contributed by atoms with Crippen molar-refractivity contribution in [3.63, 3.8) is 0 Å². The molecule has 0 saturated carbocycles. The molecule has 0 aliphatic carbocycles. The molecule has 1 heterocycles. The number of piperazine rings is 1. The van der Waals surface area contributed by atoms with E-state index in [-0.39, 0.29) is 0 Å². The number of anilines is 1. The van der Waals surface area contributed by atoms with Gasteiger partial charge in [0.25, 0.3) is 0 Å². The zero-order chi connectivity index (χ0) is 14.0. The lowest BCUT2D eigenvalue weighted by Crippen LogP contribution is -2.55. The second-order valence-electron chi connectivity index (χ2n) is 5.92. The molecule has 0 bridgehead atoms. The van der Waals surface area contributed by atoms with E-state index in [1.807, 2.05) is 7.05 Å². The summed E-state index contributed by atoms with van der Waals surface area (Å²) in [4.78, 5) is 5.01. The topological polar surface area (TPSA) is 18.5 Å². The van der Waals surface area contributed by atoms with Crippen LogP contribution in [-0.4, -0.2) is 44.2 Å². The first kappa shape index (κ1) is 14.4. The summed E-state index contributed by atoms with van der Waals surface area (Å²) < 4.78 is 0. The Morgan fingerprint density at radius 3 is 2.37 bits per heavy atom. The van der Waals surface area contributed by atoms with Crippen LogP contribution in [0.5, 0.6) is 0 Å². The number of aryl methyl sites for hydroxylation is 1. The van der Waals surface area contributed by atoms with Crippen molar-refractivity contribution in [2.45, 2.75) is 39.4 Å². The summed E-state index contributed by atoms with van der Waals surface area (Å²) in [6, 6.07) is 8.05. The van der Waals surface area contributed by atoms with E-state index in [4.69, 9.17) is 0 Å². The normalized spacial score (nSPS) is 24.8. The SMILES string of the molecule is CNCc1ccc(N2CC(C)N(C)C(C)C2)c(C)c1. The summed E-state index contributed by atoms with van der Waals surface area (Å²) >= 11 is 0. The quantitative estimate of drug-likeness (QED) is 0.900. The van der Waals surface area contributed by atoms with E-state index in [1.54, 1.807) is 0 Å². The van der Waals surface area contributed by atoms with Gasteiger partial charge in [0.05, 0.1) is 0 Å². The number of hydrogen-bond donors (Lipinski definition) is 1. The van der Waals surface area contributed by atoms with Crippen LogP contribution in [-0.2, 0) is 6.54 Å². The molecule has 1 aliphatic rings. The highest BCUT2D eigenvalue weighted by atomic mass is 15.3. The fourth-order valence-electron chi connectivity index (χ4n) is 2.99. The molecular formula is C16H27N3. The molecule has 1 aromatic rings. The van der Waals surface area contributed by atoms with E-state index in [9.17, 15) is 0 Å². The van der Waals surface area contributed by atoms with Gasteiger partial charge in [-0.2, -0.15) is 0 Å². The van der Waals surface area contributed by atoms with Gasteiger partial charge in [0, 0.05) is 37.4 Å². The second-order valence-corrected chi connectivity index (χ2v) is 5.92.